The van der Waals surface area contributed by atoms with Crippen molar-refractivity contribution in [1.82, 2.24) is 5.32 Å². The maximum Gasteiger partial charge on any atom is 0.416 e. The quantitative estimate of drug-likeness (QED) is 0.716. The molecule has 0 spiro atoms. The van der Waals surface area contributed by atoms with Gasteiger partial charge in [-0.15, -0.1) is 0 Å². The van der Waals surface area contributed by atoms with Gasteiger partial charge in [0.25, 0.3) is 5.91 Å². The van der Waals surface area contributed by atoms with E-state index in [2.05, 4.69) is 19.2 Å². The Labute approximate surface area is 157 Å². The average Bonchev–Trinajstić information content (AvgIpc) is 2.60. The van der Waals surface area contributed by atoms with E-state index in [9.17, 15) is 18.0 Å². The molecule has 0 bridgehead atoms. The lowest BCUT2D eigenvalue weighted by atomic mass is 9.64. The van der Waals surface area contributed by atoms with Crippen LogP contribution < -0.4 is 5.32 Å². The molecular weight excluding hydrogens is 351 g/mol. The number of hydrogen-bond donors (Lipinski definition) is 1. The van der Waals surface area contributed by atoms with Crippen LogP contribution in [-0.4, -0.2) is 12.5 Å². The molecule has 27 heavy (non-hydrogen) atoms. The minimum Gasteiger partial charge on any atom is -0.351 e. The van der Waals surface area contributed by atoms with Gasteiger partial charge in [0.2, 0.25) is 0 Å². The maximum atomic E-state index is 13.0. The predicted molar refractivity (Wildman–Crippen MR) is 99.8 cm³/mol. The molecule has 2 nitrogen and oxygen atoms in total. The highest BCUT2D eigenvalue weighted by atomic mass is 19.4. The fourth-order valence-electron chi connectivity index (χ4n) is 3.57. The summed E-state index contributed by atoms with van der Waals surface area (Å²) in [6.07, 6.45) is -1.85. The molecule has 2 aromatic rings. The largest absolute Gasteiger partial charge is 0.416 e. The van der Waals surface area contributed by atoms with Gasteiger partial charge in [-0.05, 0) is 48.1 Å². The molecular formula is C22H24F3NO. The van der Waals surface area contributed by atoms with Crippen molar-refractivity contribution in [3.8, 4) is 0 Å². The van der Waals surface area contributed by atoms with Crippen LogP contribution in [0.4, 0.5) is 13.2 Å². The fraction of sp³-hybridized carbons (Fsp3) is 0.409. The third kappa shape index (κ3) is 4.18. The molecule has 3 rings (SSSR count). The lowest BCUT2D eigenvalue weighted by Crippen LogP contribution is -2.45. The standard InChI is InChI=1S/C22H24F3NO/c1-15(2)16-7-9-17(10-8-16)20(27)26-14-21(11-4-12-21)18-5-3-6-19(13-18)22(23,24)25/h3,5-10,13,15H,4,11-12,14H2,1-2H3,(H,26,27). The molecule has 0 saturated heterocycles. The highest BCUT2D eigenvalue weighted by Crippen LogP contribution is 2.44. The molecule has 1 saturated carbocycles. The molecule has 0 aliphatic heterocycles. The fourth-order valence-corrected chi connectivity index (χ4v) is 3.57. The first-order valence-electron chi connectivity index (χ1n) is 9.27. The number of nitrogens with one attached hydrogen (secondary N) is 1. The van der Waals surface area contributed by atoms with Crippen LogP contribution in [-0.2, 0) is 11.6 Å². The van der Waals surface area contributed by atoms with E-state index in [0.717, 1.165) is 30.9 Å². The zero-order chi connectivity index (χ0) is 19.7. The van der Waals surface area contributed by atoms with Crippen molar-refractivity contribution in [3.05, 3.63) is 70.8 Å². The van der Waals surface area contributed by atoms with Crippen LogP contribution >= 0.6 is 0 Å². The molecule has 1 fully saturated rings. The molecule has 144 valence electrons. The number of carbonyl (C=O) groups excluding carboxylic acids is 1. The third-order valence-corrected chi connectivity index (χ3v) is 5.54. The van der Waals surface area contributed by atoms with Crippen LogP contribution in [0, 0.1) is 0 Å². The van der Waals surface area contributed by atoms with E-state index >= 15 is 0 Å². The van der Waals surface area contributed by atoms with Gasteiger partial charge in [-0.1, -0.05) is 50.6 Å². The first kappa shape index (κ1) is 19.5. The van der Waals surface area contributed by atoms with Gasteiger partial charge in [-0.2, -0.15) is 13.2 Å². The molecule has 5 heteroatoms. The Hall–Kier alpha value is -2.30. The zero-order valence-electron chi connectivity index (χ0n) is 15.6. The van der Waals surface area contributed by atoms with Crippen LogP contribution in [0.5, 0.6) is 0 Å². The van der Waals surface area contributed by atoms with Gasteiger partial charge in [-0.25, -0.2) is 0 Å². The minimum atomic E-state index is -4.36. The highest BCUT2D eigenvalue weighted by molar-refractivity contribution is 5.94. The second-order valence-corrected chi connectivity index (χ2v) is 7.67. The van der Waals surface area contributed by atoms with Crippen LogP contribution in [0.25, 0.3) is 0 Å². The summed E-state index contributed by atoms with van der Waals surface area (Å²) in [5.74, 6) is 0.199. The number of carbonyl (C=O) groups is 1. The van der Waals surface area contributed by atoms with Crippen molar-refractivity contribution in [2.24, 2.45) is 0 Å². The molecule has 0 heterocycles. The number of hydrogen-bond acceptors (Lipinski definition) is 1. The first-order valence-corrected chi connectivity index (χ1v) is 9.27. The Kier molecular flexibility index (Phi) is 5.31. The summed E-state index contributed by atoms with van der Waals surface area (Å²) >= 11 is 0. The maximum absolute atomic E-state index is 13.0. The van der Waals surface area contributed by atoms with Gasteiger partial charge in [0.1, 0.15) is 0 Å². The number of halogens is 3. The molecule has 1 aliphatic rings. The number of benzene rings is 2. The van der Waals surface area contributed by atoms with E-state index in [0.29, 0.717) is 23.6 Å². The van der Waals surface area contributed by atoms with E-state index in [4.69, 9.17) is 0 Å². The van der Waals surface area contributed by atoms with Crippen molar-refractivity contribution < 1.29 is 18.0 Å². The van der Waals surface area contributed by atoms with E-state index in [1.807, 2.05) is 12.1 Å². The topological polar surface area (TPSA) is 29.1 Å². The van der Waals surface area contributed by atoms with Crippen molar-refractivity contribution in [2.75, 3.05) is 6.54 Å². The third-order valence-electron chi connectivity index (χ3n) is 5.54. The molecule has 0 atom stereocenters. The normalized spacial score (nSPS) is 16.1. The van der Waals surface area contributed by atoms with E-state index < -0.39 is 17.2 Å². The zero-order valence-corrected chi connectivity index (χ0v) is 15.6. The van der Waals surface area contributed by atoms with Crippen molar-refractivity contribution in [3.63, 3.8) is 0 Å². The summed E-state index contributed by atoms with van der Waals surface area (Å²) in [5.41, 5.74) is 1.33. The Morgan fingerprint density at radius 2 is 1.78 bits per heavy atom. The Bertz CT molecular complexity index is 805. The molecule has 0 aromatic heterocycles. The SMILES string of the molecule is CC(C)c1ccc(C(=O)NCC2(c3cccc(C(F)(F)F)c3)CCC2)cc1. The monoisotopic (exact) mass is 375 g/mol. The highest BCUT2D eigenvalue weighted by Gasteiger charge is 2.40. The molecule has 0 radical (unpaired) electrons. The first-order chi connectivity index (χ1) is 12.7. The Balaban J connectivity index is 1.72. The van der Waals surface area contributed by atoms with Gasteiger partial charge in [0.15, 0.2) is 0 Å². The summed E-state index contributed by atoms with van der Waals surface area (Å²) in [4.78, 5) is 12.5. The van der Waals surface area contributed by atoms with Crippen molar-refractivity contribution >= 4 is 5.91 Å². The van der Waals surface area contributed by atoms with Gasteiger partial charge >= 0.3 is 6.18 Å². The number of rotatable bonds is 5. The predicted octanol–water partition coefficient (Wildman–Crippen LogP) is 5.68. The summed E-state index contributed by atoms with van der Waals surface area (Å²) in [7, 11) is 0. The molecule has 1 aliphatic carbocycles. The smallest absolute Gasteiger partial charge is 0.351 e. The van der Waals surface area contributed by atoms with Gasteiger partial charge in [0.05, 0.1) is 5.56 Å². The lowest BCUT2D eigenvalue weighted by Gasteiger charge is -2.43. The lowest BCUT2D eigenvalue weighted by molar-refractivity contribution is -0.137. The average molecular weight is 375 g/mol. The van der Waals surface area contributed by atoms with E-state index in [1.54, 1.807) is 18.2 Å². The van der Waals surface area contributed by atoms with E-state index in [-0.39, 0.29) is 5.91 Å². The van der Waals surface area contributed by atoms with Crippen LogP contribution in [0.15, 0.2) is 48.5 Å². The molecule has 1 amide bonds. The number of alkyl halides is 3. The molecule has 0 unspecified atom stereocenters. The summed E-state index contributed by atoms with van der Waals surface area (Å²) in [6.45, 7) is 4.52. The Morgan fingerprint density at radius 1 is 1.11 bits per heavy atom. The second-order valence-electron chi connectivity index (χ2n) is 7.67. The van der Waals surface area contributed by atoms with E-state index in [1.165, 1.54) is 12.1 Å². The van der Waals surface area contributed by atoms with Gasteiger partial charge in [-0.3, -0.25) is 4.79 Å². The second kappa shape index (κ2) is 7.37. The van der Waals surface area contributed by atoms with Crippen molar-refractivity contribution in [2.45, 2.75) is 50.6 Å². The van der Waals surface area contributed by atoms with Crippen molar-refractivity contribution in [1.29, 1.82) is 0 Å². The summed E-state index contributed by atoms with van der Waals surface area (Å²) in [6, 6.07) is 13.0. The van der Waals surface area contributed by atoms with Crippen LogP contribution in [0.3, 0.4) is 0 Å². The molecule has 1 N–H and O–H groups in total. The molecule has 2 aromatic carbocycles. The van der Waals surface area contributed by atoms with Gasteiger partial charge in [0, 0.05) is 17.5 Å². The summed E-state index contributed by atoms with van der Waals surface area (Å²) in [5, 5.41) is 2.93. The number of amides is 1. The Morgan fingerprint density at radius 3 is 2.30 bits per heavy atom. The summed E-state index contributed by atoms with van der Waals surface area (Å²) < 4.78 is 39.1. The van der Waals surface area contributed by atoms with Gasteiger partial charge < -0.3 is 5.32 Å². The van der Waals surface area contributed by atoms with Crippen LogP contribution in [0.1, 0.15) is 66.1 Å². The minimum absolute atomic E-state index is 0.191. The van der Waals surface area contributed by atoms with Crippen LogP contribution in [0.2, 0.25) is 0 Å².